The molecular weight excluding hydrogens is 208 g/mol. The molecule has 0 aliphatic heterocycles. The van der Waals surface area contributed by atoms with Gasteiger partial charge < -0.3 is 4.74 Å². The van der Waals surface area contributed by atoms with Crippen molar-refractivity contribution < 1.29 is 9.53 Å². The second-order valence-electron chi connectivity index (χ2n) is 2.81. The van der Waals surface area contributed by atoms with Crippen LogP contribution in [-0.4, -0.2) is 29.5 Å². The molecule has 4 heteroatoms. The number of alkyl halides is 1. The average molecular weight is 225 g/mol. The Labute approximate surface area is 89.4 Å². The SMILES string of the molecule is CCCCOC[C@H](CCl)SC(C)=O. The Morgan fingerprint density at radius 1 is 1.62 bits per heavy atom. The second kappa shape index (κ2) is 8.85. The molecule has 0 aromatic rings. The highest BCUT2D eigenvalue weighted by Gasteiger charge is 2.10. The molecule has 0 aromatic carbocycles. The van der Waals surface area contributed by atoms with Crippen LogP contribution in [0.1, 0.15) is 26.7 Å². The van der Waals surface area contributed by atoms with Crippen molar-refractivity contribution in [1.82, 2.24) is 0 Å². The first-order chi connectivity index (χ1) is 6.20. The van der Waals surface area contributed by atoms with Gasteiger partial charge in [-0.2, -0.15) is 0 Å². The van der Waals surface area contributed by atoms with Crippen molar-refractivity contribution in [2.45, 2.75) is 31.9 Å². The van der Waals surface area contributed by atoms with Crippen LogP contribution in [-0.2, 0) is 9.53 Å². The van der Waals surface area contributed by atoms with Crippen LogP contribution in [0.2, 0.25) is 0 Å². The summed E-state index contributed by atoms with van der Waals surface area (Å²) < 4.78 is 5.37. The predicted octanol–water partition coefficient (Wildman–Crippen LogP) is 2.69. The van der Waals surface area contributed by atoms with Gasteiger partial charge in [-0.1, -0.05) is 25.1 Å². The van der Waals surface area contributed by atoms with Crippen molar-refractivity contribution in [3.8, 4) is 0 Å². The van der Waals surface area contributed by atoms with E-state index in [4.69, 9.17) is 16.3 Å². The predicted molar refractivity (Wildman–Crippen MR) is 58.5 cm³/mol. The van der Waals surface area contributed by atoms with E-state index in [9.17, 15) is 4.79 Å². The molecule has 0 aliphatic rings. The van der Waals surface area contributed by atoms with Crippen molar-refractivity contribution in [3.05, 3.63) is 0 Å². The first-order valence-electron chi connectivity index (χ1n) is 4.51. The number of ether oxygens (including phenoxy) is 1. The van der Waals surface area contributed by atoms with Gasteiger partial charge in [0.15, 0.2) is 5.12 Å². The van der Waals surface area contributed by atoms with E-state index in [1.165, 1.54) is 11.8 Å². The lowest BCUT2D eigenvalue weighted by Gasteiger charge is -2.11. The van der Waals surface area contributed by atoms with Crippen LogP contribution < -0.4 is 0 Å². The van der Waals surface area contributed by atoms with E-state index < -0.39 is 0 Å². The van der Waals surface area contributed by atoms with Crippen LogP contribution in [0.25, 0.3) is 0 Å². The van der Waals surface area contributed by atoms with Crippen LogP contribution in [0.15, 0.2) is 0 Å². The number of halogens is 1. The van der Waals surface area contributed by atoms with Crippen LogP contribution in [0, 0.1) is 0 Å². The zero-order valence-electron chi connectivity index (χ0n) is 8.22. The third-order valence-corrected chi connectivity index (χ3v) is 2.97. The molecule has 1 atom stereocenters. The van der Waals surface area contributed by atoms with Crippen molar-refractivity contribution in [1.29, 1.82) is 0 Å². The summed E-state index contributed by atoms with van der Waals surface area (Å²) in [5.41, 5.74) is 0. The smallest absolute Gasteiger partial charge is 0.186 e. The van der Waals surface area contributed by atoms with Crippen LogP contribution in [0.3, 0.4) is 0 Å². The van der Waals surface area contributed by atoms with Gasteiger partial charge in [0.2, 0.25) is 0 Å². The molecule has 0 N–H and O–H groups in total. The molecule has 0 rings (SSSR count). The normalized spacial score (nSPS) is 12.8. The largest absolute Gasteiger partial charge is 0.380 e. The summed E-state index contributed by atoms with van der Waals surface area (Å²) in [6.07, 6.45) is 2.20. The summed E-state index contributed by atoms with van der Waals surface area (Å²) >= 11 is 6.93. The van der Waals surface area contributed by atoms with Gasteiger partial charge in [-0.05, 0) is 6.42 Å². The van der Waals surface area contributed by atoms with Crippen molar-refractivity contribution in [3.63, 3.8) is 0 Å². The second-order valence-corrected chi connectivity index (χ2v) is 4.60. The molecule has 0 fully saturated rings. The Bertz CT molecular complexity index is 142. The van der Waals surface area contributed by atoms with Gasteiger partial charge in [0, 0.05) is 24.7 Å². The molecule has 78 valence electrons. The molecule has 0 aromatic heterocycles. The maximum Gasteiger partial charge on any atom is 0.186 e. The highest BCUT2D eigenvalue weighted by Crippen LogP contribution is 2.13. The average Bonchev–Trinajstić information content (AvgIpc) is 2.09. The Morgan fingerprint density at radius 2 is 2.31 bits per heavy atom. The van der Waals surface area contributed by atoms with Gasteiger partial charge >= 0.3 is 0 Å². The summed E-state index contributed by atoms with van der Waals surface area (Å²) in [5.74, 6) is 0.469. The number of carbonyl (C=O) groups is 1. The van der Waals surface area contributed by atoms with Crippen molar-refractivity contribution in [2.24, 2.45) is 0 Å². The van der Waals surface area contributed by atoms with Crippen LogP contribution in [0.5, 0.6) is 0 Å². The summed E-state index contributed by atoms with van der Waals surface area (Å²) in [6, 6.07) is 0. The maximum atomic E-state index is 10.8. The lowest BCUT2D eigenvalue weighted by atomic mass is 10.4. The van der Waals surface area contributed by atoms with Gasteiger partial charge in [0.1, 0.15) is 0 Å². The maximum absolute atomic E-state index is 10.8. The molecule has 0 saturated carbocycles. The fourth-order valence-corrected chi connectivity index (χ4v) is 1.78. The van der Waals surface area contributed by atoms with Gasteiger partial charge in [-0.25, -0.2) is 0 Å². The summed E-state index contributed by atoms with van der Waals surface area (Å²) in [5, 5.41) is 0.209. The number of hydrogen-bond acceptors (Lipinski definition) is 3. The fraction of sp³-hybridized carbons (Fsp3) is 0.889. The van der Waals surface area contributed by atoms with E-state index in [0.29, 0.717) is 12.5 Å². The molecule has 13 heavy (non-hydrogen) atoms. The Balaban J connectivity index is 3.42. The third-order valence-electron chi connectivity index (χ3n) is 1.45. The van der Waals surface area contributed by atoms with Gasteiger partial charge in [0.25, 0.3) is 0 Å². The van der Waals surface area contributed by atoms with E-state index in [1.807, 2.05) is 0 Å². The summed E-state index contributed by atoms with van der Waals surface area (Å²) in [6.45, 7) is 5.01. The topological polar surface area (TPSA) is 26.3 Å². The molecule has 0 heterocycles. The Morgan fingerprint density at radius 3 is 2.77 bits per heavy atom. The zero-order chi connectivity index (χ0) is 10.1. The monoisotopic (exact) mass is 224 g/mol. The molecule has 0 amide bonds. The van der Waals surface area contributed by atoms with Gasteiger partial charge in [0.05, 0.1) is 6.61 Å². The van der Waals surface area contributed by atoms with Crippen LogP contribution in [0.4, 0.5) is 0 Å². The summed E-state index contributed by atoms with van der Waals surface area (Å²) in [7, 11) is 0. The Hall–Kier alpha value is 0.270. The molecule has 2 nitrogen and oxygen atoms in total. The fourth-order valence-electron chi connectivity index (χ4n) is 0.806. The minimum Gasteiger partial charge on any atom is -0.380 e. The first-order valence-corrected chi connectivity index (χ1v) is 5.93. The first kappa shape index (κ1) is 13.3. The highest BCUT2D eigenvalue weighted by molar-refractivity contribution is 8.14. The number of carbonyl (C=O) groups excluding carboxylic acids is 1. The molecular formula is C9H17ClO2S. The quantitative estimate of drug-likeness (QED) is 0.491. The van der Waals surface area contributed by atoms with Gasteiger partial charge in [-0.3, -0.25) is 4.79 Å². The number of rotatable bonds is 7. The van der Waals surface area contributed by atoms with E-state index in [0.717, 1.165) is 19.4 Å². The molecule has 0 bridgehead atoms. The summed E-state index contributed by atoms with van der Waals surface area (Å²) in [4.78, 5) is 10.8. The third kappa shape index (κ3) is 8.60. The van der Waals surface area contributed by atoms with Gasteiger partial charge in [-0.15, -0.1) is 11.6 Å². The van der Waals surface area contributed by atoms with Crippen LogP contribution >= 0.6 is 23.4 Å². The number of hydrogen-bond donors (Lipinski definition) is 0. The van der Waals surface area contributed by atoms with Crippen molar-refractivity contribution >= 4 is 28.5 Å². The molecule has 0 aliphatic carbocycles. The highest BCUT2D eigenvalue weighted by atomic mass is 35.5. The molecule has 0 unspecified atom stereocenters. The van der Waals surface area contributed by atoms with E-state index in [-0.39, 0.29) is 10.4 Å². The lowest BCUT2D eigenvalue weighted by molar-refractivity contribution is -0.109. The molecule has 0 saturated heterocycles. The van der Waals surface area contributed by atoms with E-state index >= 15 is 0 Å². The van der Waals surface area contributed by atoms with E-state index in [1.54, 1.807) is 6.92 Å². The minimum atomic E-state index is 0.102. The number of thioether (sulfide) groups is 1. The Kier molecular flexibility index (Phi) is 9.03. The standard InChI is InChI=1S/C9H17ClO2S/c1-3-4-5-12-7-9(6-10)13-8(2)11/h9H,3-7H2,1-2H3/t9-/m0/s1. The lowest BCUT2D eigenvalue weighted by Crippen LogP contribution is -2.16. The van der Waals surface area contributed by atoms with E-state index in [2.05, 4.69) is 6.92 Å². The molecule has 0 radical (unpaired) electrons. The van der Waals surface area contributed by atoms with Crippen molar-refractivity contribution in [2.75, 3.05) is 19.1 Å². The minimum absolute atomic E-state index is 0.102. The zero-order valence-corrected chi connectivity index (χ0v) is 9.79. The number of unbranched alkanes of at least 4 members (excludes halogenated alkanes) is 1. The molecule has 0 spiro atoms.